The lowest BCUT2D eigenvalue weighted by Gasteiger charge is -2.58. The van der Waals surface area contributed by atoms with Crippen LogP contribution in [-0.4, -0.2) is 22.4 Å². The molecule has 30 heavy (non-hydrogen) atoms. The molecule has 0 saturated heterocycles. The van der Waals surface area contributed by atoms with Crippen LogP contribution >= 0.6 is 0 Å². The van der Waals surface area contributed by atoms with Crippen molar-refractivity contribution in [3.8, 4) is 0 Å². The van der Waals surface area contributed by atoms with Crippen molar-refractivity contribution in [1.29, 1.82) is 0 Å². The number of rotatable bonds is 5. The molecule has 2 unspecified atom stereocenters. The maximum atomic E-state index is 11.1. The summed E-state index contributed by atoms with van der Waals surface area (Å²) in [5.74, 6) is 3.63. The Morgan fingerprint density at radius 3 is 2.40 bits per heavy atom. The van der Waals surface area contributed by atoms with Crippen LogP contribution in [-0.2, 0) is 0 Å². The molecule has 0 bridgehead atoms. The molecule has 3 fully saturated rings. The molecule has 0 amide bonds. The predicted molar refractivity (Wildman–Crippen MR) is 125 cm³/mol. The van der Waals surface area contributed by atoms with E-state index < -0.39 is 0 Å². The number of allylic oxidation sites excluding steroid dienone is 2. The fourth-order valence-corrected chi connectivity index (χ4v) is 8.43. The van der Waals surface area contributed by atoms with E-state index in [1.807, 2.05) is 0 Å². The van der Waals surface area contributed by atoms with Gasteiger partial charge in [0.05, 0.1) is 12.2 Å². The first-order valence-corrected chi connectivity index (χ1v) is 12.8. The molecule has 0 aliphatic heterocycles. The highest BCUT2D eigenvalue weighted by molar-refractivity contribution is 5.29. The van der Waals surface area contributed by atoms with E-state index in [-0.39, 0.29) is 23.5 Å². The van der Waals surface area contributed by atoms with Crippen molar-refractivity contribution in [2.75, 3.05) is 0 Å². The van der Waals surface area contributed by atoms with Crippen molar-refractivity contribution in [2.45, 2.75) is 105 Å². The Kier molecular flexibility index (Phi) is 6.08. The Hall–Kier alpha value is -0.600. The first-order chi connectivity index (χ1) is 14.1. The molecule has 0 radical (unpaired) electrons. The molecule has 0 spiro atoms. The Labute approximate surface area is 185 Å². The Morgan fingerprint density at radius 2 is 1.70 bits per heavy atom. The first-order valence-electron chi connectivity index (χ1n) is 12.8. The summed E-state index contributed by atoms with van der Waals surface area (Å²) in [4.78, 5) is 0. The average molecular weight is 415 g/mol. The lowest BCUT2D eigenvalue weighted by atomic mass is 9.47. The minimum absolute atomic E-state index is 0.169. The van der Waals surface area contributed by atoms with Crippen LogP contribution in [0.5, 0.6) is 0 Å². The molecular formula is C28H46O2. The lowest BCUT2D eigenvalue weighted by molar-refractivity contribution is -0.0835. The SMILES string of the molecule is C=C(CC[C@@H](C)[C@H]1CCC2C3=C[C@H](O)[C@H]4C[C@@H](O)CC[C@]4(C)C3CC[C@@]21C)C(C)C. The van der Waals surface area contributed by atoms with Crippen molar-refractivity contribution in [3.05, 3.63) is 23.8 Å². The van der Waals surface area contributed by atoms with E-state index in [0.29, 0.717) is 23.2 Å². The Bertz CT molecular complexity index is 693. The third-order valence-corrected chi connectivity index (χ3v) is 10.6. The molecular weight excluding hydrogens is 368 g/mol. The summed E-state index contributed by atoms with van der Waals surface area (Å²) in [5, 5.41) is 21.4. The summed E-state index contributed by atoms with van der Waals surface area (Å²) in [6, 6.07) is 0. The van der Waals surface area contributed by atoms with Crippen LogP contribution in [0, 0.1) is 46.3 Å². The first kappa shape index (κ1) is 22.6. The third kappa shape index (κ3) is 3.54. The Balaban J connectivity index is 1.54. The second-order valence-corrected chi connectivity index (χ2v) is 12.4. The van der Waals surface area contributed by atoms with Gasteiger partial charge in [-0.15, -0.1) is 0 Å². The van der Waals surface area contributed by atoms with Crippen LogP contribution in [0.4, 0.5) is 0 Å². The van der Waals surface area contributed by atoms with Gasteiger partial charge in [0, 0.05) is 0 Å². The second-order valence-electron chi connectivity index (χ2n) is 12.4. The van der Waals surface area contributed by atoms with Gasteiger partial charge in [-0.05, 0) is 104 Å². The largest absolute Gasteiger partial charge is 0.393 e. The second kappa shape index (κ2) is 8.07. The predicted octanol–water partition coefficient (Wildman–Crippen LogP) is 6.53. The van der Waals surface area contributed by atoms with Crippen molar-refractivity contribution in [2.24, 2.45) is 46.3 Å². The van der Waals surface area contributed by atoms with Gasteiger partial charge in [-0.2, -0.15) is 0 Å². The van der Waals surface area contributed by atoms with E-state index in [0.717, 1.165) is 31.1 Å². The van der Waals surface area contributed by atoms with Crippen LogP contribution in [0.25, 0.3) is 0 Å². The molecule has 9 atom stereocenters. The van der Waals surface area contributed by atoms with Crippen molar-refractivity contribution < 1.29 is 10.2 Å². The van der Waals surface area contributed by atoms with Gasteiger partial charge in [0.1, 0.15) is 0 Å². The Morgan fingerprint density at radius 1 is 1.03 bits per heavy atom. The lowest BCUT2D eigenvalue weighted by Crippen LogP contribution is -2.53. The molecule has 2 N–H and O–H groups in total. The van der Waals surface area contributed by atoms with Crippen LogP contribution < -0.4 is 0 Å². The fourth-order valence-electron chi connectivity index (χ4n) is 8.43. The quantitative estimate of drug-likeness (QED) is 0.502. The van der Waals surface area contributed by atoms with Crippen molar-refractivity contribution in [3.63, 3.8) is 0 Å². The van der Waals surface area contributed by atoms with Gasteiger partial charge in [-0.3, -0.25) is 0 Å². The normalized spacial score (nSPS) is 46.6. The van der Waals surface area contributed by atoms with E-state index in [2.05, 4.69) is 47.3 Å². The van der Waals surface area contributed by atoms with Gasteiger partial charge in [0.2, 0.25) is 0 Å². The van der Waals surface area contributed by atoms with Gasteiger partial charge >= 0.3 is 0 Å². The minimum atomic E-state index is -0.371. The number of fused-ring (bicyclic) bond motifs is 5. The zero-order valence-electron chi connectivity index (χ0n) is 20.2. The number of hydrogen-bond acceptors (Lipinski definition) is 2. The van der Waals surface area contributed by atoms with Crippen LogP contribution in [0.15, 0.2) is 23.8 Å². The van der Waals surface area contributed by atoms with Gasteiger partial charge in [-0.25, -0.2) is 0 Å². The monoisotopic (exact) mass is 414 g/mol. The molecule has 0 aromatic heterocycles. The summed E-state index contributed by atoms with van der Waals surface area (Å²) in [5.41, 5.74) is 3.57. The zero-order valence-corrected chi connectivity index (χ0v) is 20.2. The number of hydrogen-bond donors (Lipinski definition) is 2. The van der Waals surface area contributed by atoms with Gasteiger partial charge < -0.3 is 10.2 Å². The van der Waals surface area contributed by atoms with E-state index in [4.69, 9.17) is 0 Å². The third-order valence-electron chi connectivity index (χ3n) is 10.6. The van der Waals surface area contributed by atoms with E-state index in [1.165, 1.54) is 44.1 Å². The summed E-state index contributed by atoms with van der Waals surface area (Å²) in [6.45, 7) is 16.3. The van der Waals surface area contributed by atoms with Gasteiger partial charge in [0.15, 0.2) is 0 Å². The van der Waals surface area contributed by atoms with Gasteiger partial charge in [0.25, 0.3) is 0 Å². The molecule has 170 valence electrons. The molecule has 4 rings (SSSR count). The standard InChI is InChI=1S/C28H46O2/c1-17(2)18(3)7-8-19(4)22-9-10-23-21-16-26(30)25-15-20(29)11-13-28(25,6)24(21)12-14-27(22,23)5/h16-17,19-20,22-26,29-30H,3,7-15H2,1-2,4-6H3/t19-,20+,22-,23?,24?,25-,26+,27-,28-/m1/s1. The topological polar surface area (TPSA) is 40.5 Å². The van der Waals surface area contributed by atoms with E-state index >= 15 is 0 Å². The summed E-state index contributed by atoms with van der Waals surface area (Å²) >= 11 is 0. The molecule has 4 aliphatic carbocycles. The van der Waals surface area contributed by atoms with Crippen LogP contribution in [0.3, 0.4) is 0 Å². The van der Waals surface area contributed by atoms with E-state index in [1.54, 1.807) is 5.57 Å². The maximum absolute atomic E-state index is 11.1. The molecule has 0 heterocycles. The van der Waals surface area contributed by atoms with Gasteiger partial charge in [-0.1, -0.05) is 58.4 Å². The zero-order chi connectivity index (χ0) is 21.8. The highest BCUT2D eigenvalue weighted by Crippen LogP contribution is 2.67. The molecule has 4 aliphatic rings. The summed E-state index contributed by atoms with van der Waals surface area (Å²) in [7, 11) is 0. The maximum Gasteiger partial charge on any atom is 0.0758 e. The smallest absolute Gasteiger partial charge is 0.0758 e. The van der Waals surface area contributed by atoms with E-state index in [9.17, 15) is 10.2 Å². The number of aliphatic hydroxyl groups excluding tert-OH is 2. The molecule has 2 heteroatoms. The molecule has 2 nitrogen and oxygen atoms in total. The van der Waals surface area contributed by atoms with Crippen molar-refractivity contribution in [1.82, 2.24) is 0 Å². The molecule has 0 aromatic rings. The van der Waals surface area contributed by atoms with Crippen LogP contribution in [0.1, 0.15) is 92.4 Å². The van der Waals surface area contributed by atoms with Crippen LogP contribution in [0.2, 0.25) is 0 Å². The molecule has 3 saturated carbocycles. The molecule has 0 aromatic carbocycles. The summed E-state index contributed by atoms with van der Waals surface area (Å²) in [6.07, 6.45) is 12.1. The minimum Gasteiger partial charge on any atom is -0.393 e. The fraction of sp³-hybridized carbons (Fsp3) is 0.857. The highest BCUT2D eigenvalue weighted by Gasteiger charge is 2.59. The highest BCUT2D eigenvalue weighted by atomic mass is 16.3. The summed E-state index contributed by atoms with van der Waals surface area (Å²) < 4.78 is 0. The van der Waals surface area contributed by atoms with Crippen molar-refractivity contribution >= 4 is 0 Å². The average Bonchev–Trinajstić information content (AvgIpc) is 3.04. The number of aliphatic hydroxyl groups is 2.